The maximum Gasteiger partial charge on any atom is 0.243 e. The Kier molecular flexibility index (Phi) is 8.18. The van der Waals surface area contributed by atoms with E-state index in [0.29, 0.717) is 31.7 Å². The van der Waals surface area contributed by atoms with Gasteiger partial charge in [0.1, 0.15) is 5.75 Å². The van der Waals surface area contributed by atoms with Crippen LogP contribution in [0.15, 0.2) is 53.7 Å². The van der Waals surface area contributed by atoms with Gasteiger partial charge in [0, 0.05) is 45.0 Å². The van der Waals surface area contributed by atoms with E-state index in [9.17, 15) is 18.0 Å². The summed E-state index contributed by atoms with van der Waals surface area (Å²) in [5, 5.41) is 5.54. The minimum absolute atomic E-state index is 0.118. The van der Waals surface area contributed by atoms with Crippen molar-refractivity contribution in [3.63, 3.8) is 0 Å². The van der Waals surface area contributed by atoms with Gasteiger partial charge in [-0.05, 0) is 48.7 Å². The quantitative estimate of drug-likeness (QED) is 0.583. The van der Waals surface area contributed by atoms with Crippen molar-refractivity contribution in [2.75, 3.05) is 26.7 Å². The highest BCUT2D eigenvalue weighted by Crippen LogP contribution is 2.25. The highest BCUT2D eigenvalue weighted by atomic mass is 32.2. The highest BCUT2D eigenvalue weighted by molar-refractivity contribution is 7.89. The lowest BCUT2D eigenvalue weighted by Crippen LogP contribution is -2.45. The van der Waals surface area contributed by atoms with Crippen molar-refractivity contribution in [1.82, 2.24) is 19.9 Å². The van der Waals surface area contributed by atoms with Crippen LogP contribution in [0.4, 0.5) is 0 Å². The lowest BCUT2D eigenvalue weighted by molar-refractivity contribution is -0.126. The summed E-state index contributed by atoms with van der Waals surface area (Å²) >= 11 is 0. The fraction of sp³-hybridized carbons (Fsp3) is 0.409. The van der Waals surface area contributed by atoms with E-state index in [2.05, 4.69) is 15.6 Å². The Morgan fingerprint density at radius 3 is 2.66 bits per heavy atom. The van der Waals surface area contributed by atoms with E-state index in [0.717, 1.165) is 5.56 Å². The number of nitrogens with one attached hydrogen (secondary N) is 2. The van der Waals surface area contributed by atoms with E-state index in [-0.39, 0.29) is 36.2 Å². The zero-order valence-electron chi connectivity index (χ0n) is 18.0. The van der Waals surface area contributed by atoms with Crippen molar-refractivity contribution in [3.05, 3.63) is 54.4 Å². The van der Waals surface area contributed by atoms with Crippen LogP contribution < -0.4 is 15.4 Å². The molecule has 3 rings (SSSR count). The number of methoxy groups -OCH3 is 1. The Morgan fingerprint density at radius 2 is 1.97 bits per heavy atom. The first-order valence-corrected chi connectivity index (χ1v) is 11.9. The van der Waals surface area contributed by atoms with Crippen molar-refractivity contribution in [1.29, 1.82) is 0 Å². The minimum Gasteiger partial charge on any atom is -0.497 e. The topological polar surface area (TPSA) is 118 Å². The first kappa shape index (κ1) is 23.7. The summed E-state index contributed by atoms with van der Waals surface area (Å²) in [6.45, 7) is 1.06. The van der Waals surface area contributed by atoms with Crippen LogP contribution in [0, 0.1) is 5.92 Å². The van der Waals surface area contributed by atoms with E-state index in [1.165, 1.54) is 23.5 Å². The second-order valence-corrected chi connectivity index (χ2v) is 9.49. The maximum absolute atomic E-state index is 12.9. The number of benzene rings is 1. The van der Waals surface area contributed by atoms with Gasteiger partial charge >= 0.3 is 0 Å². The normalized spacial score (nSPS) is 16.8. The van der Waals surface area contributed by atoms with E-state index in [1.54, 1.807) is 30.6 Å². The summed E-state index contributed by atoms with van der Waals surface area (Å²) in [5.41, 5.74) is 0.894. The molecule has 0 spiro atoms. The van der Waals surface area contributed by atoms with Crippen LogP contribution in [0.5, 0.6) is 5.75 Å². The summed E-state index contributed by atoms with van der Waals surface area (Å²) in [6.07, 6.45) is 4.69. The molecule has 0 bridgehead atoms. The summed E-state index contributed by atoms with van der Waals surface area (Å²) in [6, 6.07) is 9.86. The number of nitrogens with zero attached hydrogens (tertiary/aromatic N) is 2. The summed E-state index contributed by atoms with van der Waals surface area (Å²) in [7, 11) is -2.18. The highest BCUT2D eigenvalue weighted by Gasteiger charge is 2.33. The molecule has 172 valence electrons. The van der Waals surface area contributed by atoms with Crippen LogP contribution in [-0.4, -0.2) is 56.3 Å². The molecule has 0 aliphatic carbocycles. The van der Waals surface area contributed by atoms with Gasteiger partial charge in [0.05, 0.1) is 17.9 Å². The van der Waals surface area contributed by atoms with Crippen molar-refractivity contribution >= 4 is 21.8 Å². The molecule has 0 saturated carbocycles. The number of ether oxygens (including phenoxy) is 1. The summed E-state index contributed by atoms with van der Waals surface area (Å²) in [4.78, 5) is 28.7. The Labute approximate surface area is 188 Å². The second-order valence-electron chi connectivity index (χ2n) is 7.56. The number of pyridine rings is 1. The van der Waals surface area contributed by atoms with Gasteiger partial charge in [-0.25, -0.2) is 8.42 Å². The lowest BCUT2D eigenvalue weighted by Gasteiger charge is -2.31. The van der Waals surface area contributed by atoms with E-state index in [4.69, 9.17) is 4.74 Å². The molecule has 1 fully saturated rings. The molecule has 2 aromatic rings. The molecule has 0 radical (unpaired) electrons. The average molecular weight is 461 g/mol. The van der Waals surface area contributed by atoms with Gasteiger partial charge in [0.15, 0.2) is 0 Å². The smallest absolute Gasteiger partial charge is 0.243 e. The van der Waals surface area contributed by atoms with Crippen molar-refractivity contribution in [2.45, 2.75) is 30.7 Å². The van der Waals surface area contributed by atoms with Crippen LogP contribution >= 0.6 is 0 Å². The van der Waals surface area contributed by atoms with Gasteiger partial charge in [-0.1, -0.05) is 6.07 Å². The molecule has 2 heterocycles. The van der Waals surface area contributed by atoms with Gasteiger partial charge in [-0.15, -0.1) is 0 Å². The number of piperidine rings is 1. The number of sulfonamides is 1. The van der Waals surface area contributed by atoms with Crippen LogP contribution in [0.1, 0.15) is 24.8 Å². The Hall–Kier alpha value is -2.98. The first-order valence-electron chi connectivity index (χ1n) is 10.5. The van der Waals surface area contributed by atoms with Crippen molar-refractivity contribution in [3.8, 4) is 5.75 Å². The molecule has 1 saturated heterocycles. The number of carbonyl (C=O) groups excluding carboxylic acids is 2. The van der Waals surface area contributed by atoms with Gasteiger partial charge in [0.2, 0.25) is 21.8 Å². The second kappa shape index (κ2) is 11.1. The number of amides is 2. The van der Waals surface area contributed by atoms with Crippen LogP contribution in [0.2, 0.25) is 0 Å². The maximum atomic E-state index is 12.9. The molecular weight excluding hydrogens is 432 g/mol. The monoisotopic (exact) mass is 460 g/mol. The zero-order valence-corrected chi connectivity index (χ0v) is 18.8. The predicted molar refractivity (Wildman–Crippen MR) is 118 cm³/mol. The van der Waals surface area contributed by atoms with Crippen LogP contribution in [0.25, 0.3) is 0 Å². The molecule has 1 aliphatic heterocycles. The zero-order chi connectivity index (χ0) is 23.0. The average Bonchev–Trinajstić information content (AvgIpc) is 2.83. The molecule has 1 aromatic carbocycles. The molecule has 1 aliphatic rings. The van der Waals surface area contributed by atoms with E-state index < -0.39 is 15.9 Å². The third-order valence-corrected chi connectivity index (χ3v) is 7.20. The van der Waals surface area contributed by atoms with Crippen molar-refractivity contribution < 1.29 is 22.7 Å². The van der Waals surface area contributed by atoms with Gasteiger partial charge < -0.3 is 15.4 Å². The first-order chi connectivity index (χ1) is 15.4. The molecule has 2 amide bonds. The number of hydrogen-bond donors (Lipinski definition) is 2. The van der Waals surface area contributed by atoms with Crippen molar-refractivity contribution in [2.24, 2.45) is 5.92 Å². The third-order valence-electron chi connectivity index (χ3n) is 5.32. The largest absolute Gasteiger partial charge is 0.497 e. The fourth-order valence-electron chi connectivity index (χ4n) is 3.51. The Balaban J connectivity index is 1.46. The van der Waals surface area contributed by atoms with Gasteiger partial charge in [0.25, 0.3) is 0 Å². The minimum atomic E-state index is -3.69. The molecule has 1 atom stereocenters. The summed E-state index contributed by atoms with van der Waals surface area (Å²) < 4.78 is 32.3. The lowest BCUT2D eigenvalue weighted by atomic mass is 9.99. The van der Waals surface area contributed by atoms with Gasteiger partial charge in [-0.3, -0.25) is 14.6 Å². The molecule has 2 N–H and O–H groups in total. The molecule has 0 unspecified atom stereocenters. The number of aromatic nitrogens is 1. The standard InChI is InChI=1S/C22H28N4O5S/c1-31-19-6-8-20(9-7-19)32(29,30)26-13-3-5-18(16-26)22(28)24-12-10-21(27)25-15-17-4-2-11-23-14-17/h2,4,6-9,11,14,18H,3,5,10,12-13,15-16H2,1H3,(H,24,28)(H,25,27)/t18-/m1/s1. The number of rotatable bonds is 9. The molecule has 9 nitrogen and oxygen atoms in total. The number of hydrogen-bond acceptors (Lipinski definition) is 6. The third kappa shape index (κ3) is 6.27. The Bertz CT molecular complexity index is 1010. The number of carbonyl (C=O) groups is 2. The molecular formula is C22H28N4O5S. The van der Waals surface area contributed by atoms with Gasteiger partial charge in [-0.2, -0.15) is 4.31 Å². The fourth-order valence-corrected chi connectivity index (χ4v) is 5.03. The Morgan fingerprint density at radius 1 is 1.19 bits per heavy atom. The molecule has 1 aromatic heterocycles. The van der Waals surface area contributed by atoms with E-state index >= 15 is 0 Å². The van der Waals surface area contributed by atoms with E-state index in [1.807, 2.05) is 6.07 Å². The SMILES string of the molecule is COc1ccc(S(=O)(=O)N2CCC[C@@H](C(=O)NCCC(=O)NCc3cccnc3)C2)cc1. The summed E-state index contributed by atoms with van der Waals surface area (Å²) in [5.74, 6) is -0.291. The van der Waals surface area contributed by atoms with Crippen LogP contribution in [0.3, 0.4) is 0 Å². The predicted octanol–water partition coefficient (Wildman–Crippen LogP) is 1.31. The molecule has 32 heavy (non-hydrogen) atoms. The van der Waals surface area contributed by atoms with Crippen LogP contribution in [-0.2, 0) is 26.2 Å². The molecule has 10 heteroatoms.